The predicted molar refractivity (Wildman–Crippen MR) is 101 cm³/mol. The van der Waals surface area contributed by atoms with Crippen molar-refractivity contribution in [3.8, 4) is 11.4 Å². The van der Waals surface area contributed by atoms with E-state index >= 15 is 0 Å². The highest BCUT2D eigenvalue weighted by Gasteiger charge is 2.30. The minimum Gasteiger partial charge on any atom is -0.324 e. The van der Waals surface area contributed by atoms with Gasteiger partial charge in [-0.1, -0.05) is 15.9 Å². The Hall–Kier alpha value is -2.74. The Morgan fingerprint density at radius 1 is 1.23 bits per heavy atom. The van der Waals surface area contributed by atoms with Crippen molar-refractivity contribution in [3.05, 3.63) is 63.7 Å². The molecule has 1 fully saturated rings. The molecule has 3 aromatic rings. The molecular formula is C18H16BrN5O2. The smallest absolute Gasteiger partial charge is 0.324 e. The van der Waals surface area contributed by atoms with E-state index in [9.17, 15) is 9.59 Å². The van der Waals surface area contributed by atoms with Gasteiger partial charge in [0.05, 0.1) is 0 Å². The van der Waals surface area contributed by atoms with Gasteiger partial charge >= 0.3 is 5.69 Å². The molecule has 0 spiro atoms. The lowest BCUT2D eigenvalue weighted by atomic mass is 10.3. The topological polar surface area (TPSA) is 81.8 Å². The fourth-order valence-electron chi connectivity index (χ4n) is 2.75. The Bertz CT molecular complexity index is 991. The van der Waals surface area contributed by atoms with E-state index in [1.165, 1.54) is 4.68 Å². The van der Waals surface area contributed by atoms with Crippen LogP contribution >= 0.6 is 15.9 Å². The molecule has 2 aromatic heterocycles. The molecule has 0 atom stereocenters. The Morgan fingerprint density at radius 2 is 2.00 bits per heavy atom. The van der Waals surface area contributed by atoms with Crippen LogP contribution in [0.4, 0.5) is 5.69 Å². The van der Waals surface area contributed by atoms with Crippen molar-refractivity contribution < 1.29 is 4.79 Å². The first-order valence-corrected chi connectivity index (χ1v) is 9.06. The van der Waals surface area contributed by atoms with Crippen molar-refractivity contribution in [2.24, 2.45) is 0 Å². The van der Waals surface area contributed by atoms with E-state index in [0.717, 1.165) is 22.9 Å². The van der Waals surface area contributed by atoms with Crippen LogP contribution in [0.25, 0.3) is 11.4 Å². The van der Waals surface area contributed by atoms with Crippen molar-refractivity contribution in [2.75, 3.05) is 5.32 Å². The van der Waals surface area contributed by atoms with E-state index < -0.39 is 0 Å². The van der Waals surface area contributed by atoms with Crippen LogP contribution < -0.4 is 11.0 Å². The minimum absolute atomic E-state index is 0.137. The molecule has 26 heavy (non-hydrogen) atoms. The largest absolute Gasteiger partial charge is 0.346 e. The van der Waals surface area contributed by atoms with Gasteiger partial charge in [0.25, 0.3) is 0 Å². The third kappa shape index (κ3) is 3.45. The third-order valence-corrected chi connectivity index (χ3v) is 4.65. The normalized spacial score (nSPS) is 13.6. The number of nitrogens with one attached hydrogen (secondary N) is 1. The Morgan fingerprint density at radius 3 is 2.65 bits per heavy atom. The number of anilines is 1. The monoisotopic (exact) mass is 413 g/mol. The molecule has 1 aliphatic rings. The average Bonchev–Trinajstić information content (AvgIpc) is 3.43. The molecule has 1 saturated carbocycles. The standard InChI is InChI=1S/C18H16BrN5O2/c19-13-3-5-14(6-4-13)21-16(25)11-23-18(26)24(15-7-8-15)17(22-23)12-2-1-9-20-10-12/h1-6,9-10,15H,7-8,11H2,(H,21,25). The van der Waals surface area contributed by atoms with Crippen LogP contribution in [0, 0.1) is 0 Å². The molecule has 7 nitrogen and oxygen atoms in total. The molecule has 1 aromatic carbocycles. The fourth-order valence-corrected chi connectivity index (χ4v) is 3.01. The number of pyridine rings is 1. The van der Waals surface area contributed by atoms with Crippen LogP contribution in [0.1, 0.15) is 18.9 Å². The van der Waals surface area contributed by atoms with Crippen LogP contribution in [0.15, 0.2) is 58.1 Å². The van der Waals surface area contributed by atoms with E-state index in [-0.39, 0.29) is 24.2 Å². The zero-order chi connectivity index (χ0) is 18.1. The van der Waals surface area contributed by atoms with Crippen molar-refractivity contribution in [1.82, 2.24) is 19.3 Å². The zero-order valence-electron chi connectivity index (χ0n) is 13.8. The molecule has 1 amide bonds. The molecule has 132 valence electrons. The van der Waals surface area contributed by atoms with Gasteiger partial charge in [0.15, 0.2) is 5.82 Å². The molecule has 0 aliphatic heterocycles. The Balaban J connectivity index is 1.60. The number of aromatic nitrogens is 4. The summed E-state index contributed by atoms with van der Waals surface area (Å²) in [5.74, 6) is 0.259. The number of nitrogens with zero attached hydrogens (tertiary/aromatic N) is 4. The highest BCUT2D eigenvalue weighted by atomic mass is 79.9. The van der Waals surface area contributed by atoms with Gasteiger partial charge in [-0.3, -0.25) is 14.3 Å². The van der Waals surface area contributed by atoms with Crippen LogP contribution in [-0.4, -0.2) is 25.2 Å². The summed E-state index contributed by atoms with van der Waals surface area (Å²) >= 11 is 3.35. The van der Waals surface area contributed by atoms with Gasteiger partial charge in [-0.2, -0.15) is 0 Å². The fraction of sp³-hybridized carbons (Fsp3) is 0.222. The van der Waals surface area contributed by atoms with Gasteiger partial charge in [-0.25, -0.2) is 9.48 Å². The molecule has 0 saturated heterocycles. The SMILES string of the molecule is O=C(Cn1nc(-c2cccnc2)n(C2CC2)c1=O)Nc1ccc(Br)cc1. The molecule has 0 unspecified atom stereocenters. The summed E-state index contributed by atoms with van der Waals surface area (Å²) in [7, 11) is 0. The summed E-state index contributed by atoms with van der Waals surface area (Å²) in [5, 5.41) is 7.17. The second-order valence-corrected chi connectivity index (χ2v) is 7.08. The van der Waals surface area contributed by atoms with Crippen LogP contribution in [-0.2, 0) is 11.3 Å². The summed E-state index contributed by atoms with van der Waals surface area (Å²) in [6.45, 7) is -0.137. The van der Waals surface area contributed by atoms with Gasteiger partial charge < -0.3 is 5.32 Å². The number of hydrogen-bond donors (Lipinski definition) is 1. The summed E-state index contributed by atoms with van der Waals surface area (Å²) in [5.41, 5.74) is 1.17. The summed E-state index contributed by atoms with van der Waals surface area (Å²) in [6, 6.07) is 11.1. The summed E-state index contributed by atoms with van der Waals surface area (Å²) in [4.78, 5) is 29.1. The molecule has 0 bridgehead atoms. The highest BCUT2D eigenvalue weighted by Crippen LogP contribution is 2.36. The number of amides is 1. The van der Waals surface area contributed by atoms with E-state index in [1.807, 2.05) is 18.2 Å². The number of halogens is 1. The first kappa shape index (κ1) is 16.7. The predicted octanol–water partition coefficient (Wildman–Crippen LogP) is 2.84. The van der Waals surface area contributed by atoms with Gasteiger partial charge in [0.1, 0.15) is 6.54 Å². The van der Waals surface area contributed by atoms with Crippen LogP contribution in [0.3, 0.4) is 0 Å². The number of carbonyl (C=O) groups is 1. The zero-order valence-corrected chi connectivity index (χ0v) is 15.4. The third-order valence-electron chi connectivity index (χ3n) is 4.12. The molecule has 0 radical (unpaired) electrons. The quantitative estimate of drug-likeness (QED) is 0.696. The molecule has 4 rings (SSSR count). The van der Waals surface area contributed by atoms with Crippen molar-refractivity contribution in [1.29, 1.82) is 0 Å². The van der Waals surface area contributed by atoms with E-state index in [4.69, 9.17) is 0 Å². The summed E-state index contributed by atoms with van der Waals surface area (Å²) in [6.07, 6.45) is 5.24. The Labute approximate surface area is 157 Å². The maximum Gasteiger partial charge on any atom is 0.346 e. The van der Waals surface area contributed by atoms with Crippen molar-refractivity contribution in [2.45, 2.75) is 25.4 Å². The van der Waals surface area contributed by atoms with Gasteiger partial charge in [-0.05, 0) is 49.2 Å². The highest BCUT2D eigenvalue weighted by molar-refractivity contribution is 9.10. The Kier molecular flexibility index (Phi) is 4.42. The van der Waals surface area contributed by atoms with Crippen LogP contribution in [0.2, 0.25) is 0 Å². The van der Waals surface area contributed by atoms with Gasteiger partial charge in [0.2, 0.25) is 5.91 Å². The van der Waals surface area contributed by atoms with Crippen molar-refractivity contribution >= 4 is 27.5 Å². The van der Waals surface area contributed by atoms with Gasteiger partial charge in [0, 0.05) is 34.2 Å². The number of rotatable bonds is 5. The first-order valence-electron chi connectivity index (χ1n) is 8.27. The lowest BCUT2D eigenvalue weighted by molar-refractivity contribution is -0.117. The lowest BCUT2D eigenvalue weighted by Gasteiger charge is -2.04. The van der Waals surface area contributed by atoms with E-state index in [1.54, 1.807) is 35.2 Å². The number of hydrogen-bond acceptors (Lipinski definition) is 4. The van der Waals surface area contributed by atoms with E-state index in [2.05, 4.69) is 31.3 Å². The second kappa shape index (κ2) is 6.87. The molecule has 1 aliphatic carbocycles. The molecular weight excluding hydrogens is 398 g/mol. The number of benzene rings is 1. The number of carbonyl (C=O) groups excluding carboxylic acids is 1. The second-order valence-electron chi connectivity index (χ2n) is 6.16. The average molecular weight is 414 g/mol. The molecule has 8 heteroatoms. The van der Waals surface area contributed by atoms with Gasteiger partial charge in [-0.15, -0.1) is 5.10 Å². The maximum absolute atomic E-state index is 12.7. The van der Waals surface area contributed by atoms with E-state index in [0.29, 0.717) is 11.5 Å². The molecule has 2 heterocycles. The maximum atomic E-state index is 12.7. The van der Waals surface area contributed by atoms with Crippen LogP contribution in [0.5, 0.6) is 0 Å². The first-order chi connectivity index (χ1) is 12.6. The summed E-state index contributed by atoms with van der Waals surface area (Å²) < 4.78 is 3.81. The minimum atomic E-state index is -0.299. The van der Waals surface area contributed by atoms with Crippen molar-refractivity contribution in [3.63, 3.8) is 0 Å². The lowest BCUT2D eigenvalue weighted by Crippen LogP contribution is -2.30. The molecule has 1 N–H and O–H groups in total.